The van der Waals surface area contributed by atoms with Gasteiger partial charge in [-0.2, -0.15) is 0 Å². The van der Waals surface area contributed by atoms with Gasteiger partial charge in [-0.1, -0.05) is 12.1 Å². The molecule has 1 heterocycles. The molecule has 6 heteroatoms. The maximum absolute atomic E-state index is 11.4. The molecule has 2 aromatic rings. The third kappa shape index (κ3) is 3.68. The molecular formula is C13H12ClNO3S. The summed E-state index contributed by atoms with van der Waals surface area (Å²) < 4.78 is 28.4. The number of pyridine rings is 1. The first-order valence-corrected chi connectivity index (χ1v) is 7.90. The fourth-order valence-electron chi connectivity index (χ4n) is 1.44. The first-order valence-electron chi connectivity index (χ1n) is 5.48. The van der Waals surface area contributed by atoms with Crippen molar-refractivity contribution in [3.8, 4) is 11.6 Å². The van der Waals surface area contributed by atoms with Crippen molar-refractivity contribution in [1.29, 1.82) is 0 Å². The molecule has 1 aromatic heterocycles. The van der Waals surface area contributed by atoms with Crippen LogP contribution in [0, 0.1) is 0 Å². The van der Waals surface area contributed by atoms with Crippen LogP contribution >= 0.6 is 11.6 Å². The van der Waals surface area contributed by atoms with Crippen molar-refractivity contribution >= 4 is 21.4 Å². The lowest BCUT2D eigenvalue weighted by Crippen LogP contribution is -1.97. The zero-order valence-corrected chi connectivity index (χ0v) is 11.8. The molecule has 100 valence electrons. The molecule has 0 radical (unpaired) electrons. The van der Waals surface area contributed by atoms with E-state index in [4.69, 9.17) is 16.3 Å². The van der Waals surface area contributed by atoms with E-state index < -0.39 is 9.84 Å². The zero-order valence-electron chi connectivity index (χ0n) is 10.2. The van der Waals surface area contributed by atoms with Crippen LogP contribution in [-0.2, 0) is 15.7 Å². The molecule has 0 atom stereocenters. The molecule has 2 rings (SSSR count). The molecule has 19 heavy (non-hydrogen) atoms. The van der Waals surface area contributed by atoms with E-state index in [1.807, 2.05) is 0 Å². The van der Waals surface area contributed by atoms with E-state index >= 15 is 0 Å². The van der Waals surface area contributed by atoms with E-state index in [-0.39, 0.29) is 4.90 Å². The Morgan fingerprint density at radius 3 is 2.63 bits per heavy atom. The van der Waals surface area contributed by atoms with Gasteiger partial charge in [-0.05, 0) is 23.8 Å². The second kappa shape index (κ2) is 5.59. The predicted molar refractivity (Wildman–Crippen MR) is 73.4 cm³/mol. The third-order valence-corrected chi connectivity index (χ3v) is 3.83. The molecule has 0 aliphatic heterocycles. The Morgan fingerprint density at radius 2 is 2.05 bits per heavy atom. The first kappa shape index (κ1) is 13.8. The van der Waals surface area contributed by atoms with E-state index in [1.165, 1.54) is 12.1 Å². The number of aromatic nitrogens is 1. The number of alkyl halides is 1. The second-order valence-electron chi connectivity index (χ2n) is 3.99. The Hall–Kier alpha value is -1.59. The lowest BCUT2D eigenvalue weighted by molar-refractivity contribution is 0.461. The summed E-state index contributed by atoms with van der Waals surface area (Å²) in [4.78, 5) is 4.29. The second-order valence-corrected chi connectivity index (χ2v) is 6.27. The molecule has 0 aliphatic carbocycles. The van der Waals surface area contributed by atoms with Crippen molar-refractivity contribution in [3.63, 3.8) is 0 Å². The molecule has 0 saturated carbocycles. The zero-order chi connectivity index (χ0) is 13.9. The van der Waals surface area contributed by atoms with E-state index in [1.54, 1.807) is 30.5 Å². The van der Waals surface area contributed by atoms with Gasteiger partial charge in [0, 0.05) is 24.4 Å². The van der Waals surface area contributed by atoms with Gasteiger partial charge in [0.2, 0.25) is 5.88 Å². The number of rotatable bonds is 4. The Morgan fingerprint density at radius 1 is 1.26 bits per heavy atom. The van der Waals surface area contributed by atoms with Gasteiger partial charge in [0.25, 0.3) is 0 Å². The lowest BCUT2D eigenvalue weighted by Gasteiger charge is -2.06. The van der Waals surface area contributed by atoms with Crippen LogP contribution in [0.25, 0.3) is 0 Å². The molecule has 0 bridgehead atoms. The molecule has 0 saturated heterocycles. The van der Waals surface area contributed by atoms with Crippen LogP contribution < -0.4 is 4.74 Å². The number of hydrogen-bond donors (Lipinski definition) is 0. The fraction of sp³-hybridized carbons (Fsp3) is 0.154. The van der Waals surface area contributed by atoms with Gasteiger partial charge in [-0.25, -0.2) is 13.4 Å². The van der Waals surface area contributed by atoms with Crippen LogP contribution in [0.15, 0.2) is 47.5 Å². The lowest BCUT2D eigenvalue weighted by atomic mass is 10.3. The van der Waals surface area contributed by atoms with Gasteiger partial charge in [0.1, 0.15) is 5.75 Å². The summed E-state index contributed by atoms with van der Waals surface area (Å²) in [6.45, 7) is 0. The van der Waals surface area contributed by atoms with Gasteiger partial charge in [-0.15, -0.1) is 11.6 Å². The molecule has 0 aliphatic rings. The molecule has 0 spiro atoms. The monoisotopic (exact) mass is 297 g/mol. The largest absolute Gasteiger partial charge is 0.439 e. The summed E-state index contributed by atoms with van der Waals surface area (Å²) in [5.74, 6) is 1.20. The molecule has 4 nitrogen and oxygen atoms in total. The van der Waals surface area contributed by atoms with E-state index in [0.717, 1.165) is 11.8 Å². The number of ether oxygens (including phenoxy) is 1. The van der Waals surface area contributed by atoms with E-state index in [9.17, 15) is 8.42 Å². The maximum atomic E-state index is 11.4. The fourth-order valence-corrected chi connectivity index (χ4v) is 2.25. The van der Waals surface area contributed by atoms with Crippen LogP contribution in [0.2, 0.25) is 0 Å². The highest BCUT2D eigenvalue weighted by molar-refractivity contribution is 7.90. The Kier molecular flexibility index (Phi) is 4.07. The highest BCUT2D eigenvalue weighted by atomic mass is 35.5. The van der Waals surface area contributed by atoms with Crippen LogP contribution in [0.3, 0.4) is 0 Å². The minimum Gasteiger partial charge on any atom is -0.439 e. The van der Waals surface area contributed by atoms with Gasteiger partial charge in [0.15, 0.2) is 9.84 Å². The highest BCUT2D eigenvalue weighted by Gasteiger charge is 2.08. The van der Waals surface area contributed by atoms with Gasteiger partial charge >= 0.3 is 0 Å². The minimum atomic E-state index is -3.25. The molecule has 0 N–H and O–H groups in total. The molecule has 1 aromatic carbocycles. The van der Waals surface area contributed by atoms with Crippen LogP contribution in [-0.4, -0.2) is 19.7 Å². The molecule has 0 fully saturated rings. The third-order valence-electron chi connectivity index (χ3n) is 2.41. The van der Waals surface area contributed by atoms with Gasteiger partial charge in [-0.3, -0.25) is 0 Å². The summed E-state index contributed by atoms with van der Waals surface area (Å²) in [5, 5.41) is 0. The highest BCUT2D eigenvalue weighted by Crippen LogP contribution is 2.22. The summed E-state index contributed by atoms with van der Waals surface area (Å²) in [6, 6.07) is 9.77. The number of hydrogen-bond acceptors (Lipinski definition) is 4. The van der Waals surface area contributed by atoms with Crippen molar-refractivity contribution in [2.24, 2.45) is 0 Å². The first-order chi connectivity index (χ1) is 8.99. The molecule has 0 unspecified atom stereocenters. The average molecular weight is 298 g/mol. The number of halogens is 1. The summed E-state index contributed by atoms with van der Waals surface area (Å²) in [7, 11) is -3.25. The summed E-state index contributed by atoms with van der Waals surface area (Å²) >= 11 is 5.66. The minimum absolute atomic E-state index is 0.211. The standard InChI is InChI=1S/C13H12ClNO3S/c1-19(16,17)12-4-2-3-11(7-12)18-13-6-5-10(8-14)9-15-13/h2-7,9H,8H2,1H3. The Labute approximate surface area is 116 Å². The Balaban J connectivity index is 2.23. The number of nitrogens with zero attached hydrogens (tertiary/aromatic N) is 1. The van der Waals surface area contributed by atoms with Crippen LogP contribution in [0.1, 0.15) is 5.56 Å². The van der Waals surface area contributed by atoms with Crippen LogP contribution in [0.5, 0.6) is 11.6 Å². The van der Waals surface area contributed by atoms with Crippen molar-refractivity contribution in [2.45, 2.75) is 10.8 Å². The van der Waals surface area contributed by atoms with Crippen molar-refractivity contribution in [3.05, 3.63) is 48.2 Å². The summed E-state index contributed by atoms with van der Waals surface area (Å²) in [6.07, 6.45) is 2.77. The Bertz CT molecular complexity index is 669. The van der Waals surface area contributed by atoms with Crippen molar-refractivity contribution in [2.75, 3.05) is 6.26 Å². The van der Waals surface area contributed by atoms with E-state index in [2.05, 4.69) is 4.98 Å². The topological polar surface area (TPSA) is 56.3 Å². The average Bonchev–Trinajstić information content (AvgIpc) is 2.39. The van der Waals surface area contributed by atoms with E-state index in [0.29, 0.717) is 17.5 Å². The normalized spacial score (nSPS) is 11.3. The quantitative estimate of drug-likeness (QED) is 0.814. The molecular weight excluding hydrogens is 286 g/mol. The van der Waals surface area contributed by atoms with Gasteiger partial charge < -0.3 is 4.74 Å². The number of sulfone groups is 1. The van der Waals surface area contributed by atoms with Crippen LogP contribution in [0.4, 0.5) is 0 Å². The smallest absolute Gasteiger partial charge is 0.219 e. The molecule has 0 amide bonds. The SMILES string of the molecule is CS(=O)(=O)c1cccc(Oc2ccc(CCl)cn2)c1. The van der Waals surface area contributed by atoms with Crippen molar-refractivity contribution in [1.82, 2.24) is 4.98 Å². The van der Waals surface area contributed by atoms with Gasteiger partial charge in [0.05, 0.1) is 4.90 Å². The number of benzene rings is 1. The maximum Gasteiger partial charge on any atom is 0.219 e. The predicted octanol–water partition coefficient (Wildman–Crippen LogP) is 3.02. The van der Waals surface area contributed by atoms with Crippen molar-refractivity contribution < 1.29 is 13.2 Å². The summed E-state index contributed by atoms with van der Waals surface area (Å²) in [5.41, 5.74) is 0.888.